The Hall–Kier alpha value is -4.66. The summed E-state index contributed by atoms with van der Waals surface area (Å²) in [6.45, 7) is 0. The first-order valence-corrected chi connectivity index (χ1v) is 15.1. The molecule has 8 nitrogen and oxygen atoms in total. The van der Waals surface area contributed by atoms with Gasteiger partial charge in [-0.15, -0.1) is 0 Å². The van der Waals surface area contributed by atoms with Gasteiger partial charge >= 0.3 is 5.97 Å². The number of imidazole rings is 1. The first-order valence-electron chi connectivity index (χ1n) is 14.3. The Morgan fingerprint density at radius 3 is 2.05 bits per heavy atom. The summed E-state index contributed by atoms with van der Waals surface area (Å²) < 4.78 is 2.20. The number of aromatic carboxylic acids is 1. The molecule has 1 saturated carbocycles. The van der Waals surface area contributed by atoms with Crippen LogP contribution in [0.25, 0.3) is 22.4 Å². The zero-order valence-electron chi connectivity index (χ0n) is 23.5. The summed E-state index contributed by atoms with van der Waals surface area (Å²) in [4.78, 5) is 43.0. The fourth-order valence-corrected chi connectivity index (χ4v) is 6.24. The molecule has 4 aromatic carbocycles. The molecule has 44 heavy (non-hydrogen) atoms. The van der Waals surface area contributed by atoms with Crippen molar-refractivity contribution < 1.29 is 19.5 Å². The van der Waals surface area contributed by atoms with Crippen molar-refractivity contribution in [2.45, 2.75) is 38.1 Å². The maximum atomic E-state index is 13.5. The maximum Gasteiger partial charge on any atom is 0.335 e. The number of hydrogen-bond donors (Lipinski definition) is 3. The summed E-state index contributed by atoms with van der Waals surface area (Å²) in [7, 11) is 0. The number of benzene rings is 4. The van der Waals surface area contributed by atoms with Crippen LogP contribution in [-0.4, -0.2) is 32.4 Å². The molecule has 1 fully saturated rings. The third kappa shape index (κ3) is 6.18. The van der Waals surface area contributed by atoms with Crippen molar-refractivity contribution in [2.75, 3.05) is 10.6 Å². The van der Waals surface area contributed by atoms with Crippen molar-refractivity contribution in [3.8, 4) is 11.4 Å². The number of nitrogens with zero attached hydrogens (tertiary/aromatic N) is 2. The molecule has 0 spiro atoms. The van der Waals surface area contributed by atoms with Crippen molar-refractivity contribution in [2.24, 2.45) is 0 Å². The molecule has 2 amide bonds. The molecule has 0 bridgehead atoms. The van der Waals surface area contributed by atoms with Crippen LogP contribution < -0.4 is 10.6 Å². The molecule has 6 rings (SSSR count). The fourth-order valence-electron chi connectivity index (χ4n) is 5.72. The number of anilines is 2. The van der Waals surface area contributed by atoms with Gasteiger partial charge in [0.2, 0.25) is 0 Å². The van der Waals surface area contributed by atoms with Gasteiger partial charge in [-0.3, -0.25) is 9.59 Å². The maximum absolute atomic E-state index is 13.5. The van der Waals surface area contributed by atoms with Crippen LogP contribution in [0.2, 0.25) is 10.0 Å². The van der Waals surface area contributed by atoms with E-state index < -0.39 is 11.9 Å². The highest BCUT2D eigenvalue weighted by molar-refractivity contribution is 6.35. The van der Waals surface area contributed by atoms with Gasteiger partial charge in [-0.2, -0.15) is 0 Å². The molecular weight excluding hydrogens is 599 g/mol. The van der Waals surface area contributed by atoms with Crippen LogP contribution >= 0.6 is 23.2 Å². The monoisotopic (exact) mass is 626 g/mol. The molecule has 1 aromatic heterocycles. The first-order chi connectivity index (χ1) is 21.3. The van der Waals surface area contributed by atoms with Gasteiger partial charge in [0.15, 0.2) is 0 Å². The van der Waals surface area contributed by atoms with Crippen LogP contribution in [-0.2, 0) is 0 Å². The topological polar surface area (TPSA) is 113 Å². The SMILES string of the molecule is O=C(O)c1ccc2c(c1)nc(-c1cccc(C(=O)Nc3ccccc3NC(=O)c3cc(Cl)cc(Cl)c3)c1)n2C1CCCCC1. The second-order valence-electron chi connectivity index (χ2n) is 10.8. The zero-order valence-corrected chi connectivity index (χ0v) is 25.0. The number of fused-ring (bicyclic) bond motifs is 1. The highest BCUT2D eigenvalue weighted by Gasteiger charge is 2.24. The van der Waals surface area contributed by atoms with E-state index in [4.69, 9.17) is 28.2 Å². The second kappa shape index (κ2) is 12.5. The Bertz CT molecular complexity index is 1890. The smallest absolute Gasteiger partial charge is 0.335 e. The first kappa shape index (κ1) is 29.4. The lowest BCUT2D eigenvalue weighted by Crippen LogP contribution is -2.17. The zero-order chi connectivity index (χ0) is 30.8. The van der Waals surface area contributed by atoms with E-state index in [1.807, 2.05) is 12.1 Å². The van der Waals surface area contributed by atoms with Crippen molar-refractivity contribution in [3.63, 3.8) is 0 Å². The molecule has 10 heteroatoms. The van der Waals surface area contributed by atoms with Gasteiger partial charge in [0.1, 0.15) is 5.82 Å². The van der Waals surface area contributed by atoms with Gasteiger partial charge < -0.3 is 20.3 Å². The molecule has 1 aliphatic rings. The van der Waals surface area contributed by atoms with Crippen LogP contribution in [0.15, 0.2) is 84.9 Å². The third-order valence-electron chi connectivity index (χ3n) is 7.81. The molecule has 1 heterocycles. The standard InChI is InChI=1S/C34H28Cl2N4O4/c35-24-16-23(17-25(36)19-24)33(42)39-28-12-5-4-11-27(28)38-32(41)21-8-6-7-20(15-21)31-37-29-18-22(34(43)44)13-14-30(29)40(31)26-9-2-1-3-10-26/h4-8,11-19,26H,1-3,9-10H2,(H,38,41)(H,39,42)(H,43,44). The van der Waals surface area contributed by atoms with Gasteiger partial charge in [0.05, 0.1) is 28.0 Å². The lowest BCUT2D eigenvalue weighted by atomic mass is 9.94. The highest BCUT2D eigenvalue weighted by atomic mass is 35.5. The van der Waals surface area contributed by atoms with E-state index in [2.05, 4.69) is 15.2 Å². The summed E-state index contributed by atoms with van der Waals surface area (Å²) >= 11 is 12.1. The van der Waals surface area contributed by atoms with Gasteiger partial charge in [-0.1, -0.05) is 66.7 Å². The molecule has 0 unspecified atom stereocenters. The van der Waals surface area contributed by atoms with Crippen molar-refractivity contribution in [1.82, 2.24) is 9.55 Å². The number of carbonyl (C=O) groups is 3. The summed E-state index contributed by atoms with van der Waals surface area (Å²) in [6.07, 6.45) is 5.41. The second-order valence-corrected chi connectivity index (χ2v) is 11.7. The number of carbonyl (C=O) groups excluding carboxylic acids is 2. The van der Waals surface area contributed by atoms with E-state index >= 15 is 0 Å². The van der Waals surface area contributed by atoms with Crippen LogP contribution in [0.1, 0.15) is 69.2 Å². The Morgan fingerprint density at radius 1 is 0.727 bits per heavy atom. The number of para-hydroxylation sites is 2. The number of hydrogen-bond acceptors (Lipinski definition) is 4. The molecule has 0 radical (unpaired) electrons. The normalized spacial score (nSPS) is 13.5. The fraction of sp³-hybridized carbons (Fsp3) is 0.176. The largest absolute Gasteiger partial charge is 0.478 e. The van der Waals surface area contributed by atoms with Crippen LogP contribution in [0.5, 0.6) is 0 Å². The van der Waals surface area contributed by atoms with E-state index in [1.165, 1.54) is 18.6 Å². The van der Waals surface area contributed by atoms with Crippen LogP contribution in [0.3, 0.4) is 0 Å². The van der Waals surface area contributed by atoms with E-state index in [0.29, 0.717) is 38.3 Å². The van der Waals surface area contributed by atoms with E-state index in [1.54, 1.807) is 60.7 Å². The third-order valence-corrected chi connectivity index (χ3v) is 8.24. The van der Waals surface area contributed by atoms with Crippen LogP contribution in [0.4, 0.5) is 11.4 Å². The summed E-state index contributed by atoms with van der Waals surface area (Å²) in [5.74, 6) is -1.11. The number of aromatic nitrogens is 2. The lowest BCUT2D eigenvalue weighted by molar-refractivity contribution is 0.0696. The average Bonchev–Trinajstić information content (AvgIpc) is 3.41. The number of carboxylic acids is 1. The summed E-state index contributed by atoms with van der Waals surface area (Å²) in [5.41, 5.74) is 3.91. The van der Waals surface area contributed by atoms with Gasteiger partial charge in [0, 0.05) is 32.8 Å². The predicted octanol–water partition coefficient (Wildman–Crippen LogP) is 8.72. The van der Waals surface area contributed by atoms with Gasteiger partial charge in [0.25, 0.3) is 11.8 Å². The number of rotatable bonds is 7. The minimum atomic E-state index is -1.01. The molecule has 0 saturated heterocycles. The molecule has 0 aliphatic heterocycles. The Morgan fingerprint density at radius 2 is 1.39 bits per heavy atom. The minimum Gasteiger partial charge on any atom is -0.478 e. The molecule has 3 N–H and O–H groups in total. The van der Waals surface area contributed by atoms with Crippen molar-refractivity contribution >= 4 is 63.4 Å². The van der Waals surface area contributed by atoms with Gasteiger partial charge in [-0.25, -0.2) is 9.78 Å². The Balaban J connectivity index is 1.30. The van der Waals surface area contributed by atoms with Crippen molar-refractivity contribution in [1.29, 1.82) is 0 Å². The summed E-state index contributed by atoms with van der Waals surface area (Å²) in [5, 5.41) is 15.9. The van der Waals surface area contributed by atoms with E-state index in [-0.39, 0.29) is 23.1 Å². The molecule has 0 atom stereocenters. The Kier molecular flexibility index (Phi) is 8.37. The van der Waals surface area contributed by atoms with Crippen LogP contribution in [0, 0.1) is 0 Å². The highest BCUT2D eigenvalue weighted by Crippen LogP contribution is 2.36. The molecule has 222 valence electrons. The Labute approximate surface area is 263 Å². The number of halogens is 2. The molecule has 1 aliphatic carbocycles. The average molecular weight is 628 g/mol. The van der Waals surface area contributed by atoms with Gasteiger partial charge in [-0.05, 0) is 73.5 Å². The lowest BCUT2D eigenvalue weighted by Gasteiger charge is -2.25. The summed E-state index contributed by atoms with van der Waals surface area (Å²) in [6, 6.07) is 23.9. The quantitative estimate of drug-likeness (QED) is 0.167. The number of carboxylic acid groups (broad SMARTS) is 1. The van der Waals surface area contributed by atoms with E-state index in [9.17, 15) is 19.5 Å². The number of amides is 2. The number of nitrogens with one attached hydrogen (secondary N) is 2. The van der Waals surface area contributed by atoms with E-state index in [0.717, 1.165) is 36.8 Å². The van der Waals surface area contributed by atoms with Crippen molar-refractivity contribution in [3.05, 3.63) is 112 Å². The molecule has 5 aromatic rings. The predicted molar refractivity (Wildman–Crippen MR) is 173 cm³/mol. The minimum absolute atomic E-state index is 0.176. The molecular formula is C34H28Cl2N4O4.